The molecule has 4 heterocycles. The number of rotatable bonds is 6. The van der Waals surface area contributed by atoms with Crippen molar-refractivity contribution in [2.45, 2.75) is 34.9 Å². The molecule has 1 unspecified atom stereocenters. The Labute approximate surface area is 248 Å². The first-order valence-electron chi connectivity index (χ1n) is 13.6. The molecule has 1 atom stereocenters. The number of amides is 1. The van der Waals surface area contributed by atoms with Crippen molar-refractivity contribution in [1.29, 1.82) is 0 Å². The SMILES string of the molecule is O=C(/C=C/c1ccc(Sc2cccc(N3CCC(C4COC5(OCCO5)O4)CC3)c2)c(Cl)c1Cl)N1CCOCC1. The van der Waals surface area contributed by atoms with Crippen molar-refractivity contribution in [3.05, 3.63) is 58.1 Å². The molecular weight excluding hydrogens is 575 g/mol. The normalized spacial score (nSPS) is 23.5. The predicted octanol–water partition coefficient (Wildman–Crippen LogP) is 5.31. The number of nitrogens with zero attached hydrogens (tertiary/aromatic N) is 2. The molecule has 0 aromatic heterocycles. The summed E-state index contributed by atoms with van der Waals surface area (Å²) >= 11 is 14.9. The second kappa shape index (κ2) is 12.6. The van der Waals surface area contributed by atoms with Crippen LogP contribution < -0.4 is 4.90 Å². The molecule has 6 rings (SSSR count). The van der Waals surface area contributed by atoms with Crippen molar-refractivity contribution >= 4 is 52.6 Å². The van der Waals surface area contributed by atoms with Crippen LogP contribution in [0.3, 0.4) is 0 Å². The number of benzene rings is 2. The molecule has 4 fully saturated rings. The molecule has 0 radical (unpaired) electrons. The van der Waals surface area contributed by atoms with Gasteiger partial charge in [0.1, 0.15) is 0 Å². The van der Waals surface area contributed by atoms with E-state index < -0.39 is 6.16 Å². The molecule has 4 saturated heterocycles. The van der Waals surface area contributed by atoms with Gasteiger partial charge in [0.2, 0.25) is 5.91 Å². The fraction of sp³-hybridized carbons (Fsp3) is 0.483. The molecule has 1 spiro atoms. The Bertz CT molecular complexity index is 1240. The summed E-state index contributed by atoms with van der Waals surface area (Å²) in [4.78, 5) is 18.6. The summed E-state index contributed by atoms with van der Waals surface area (Å²) in [6, 6.07) is 12.3. The molecule has 4 aliphatic rings. The fourth-order valence-electron chi connectivity index (χ4n) is 5.40. The molecule has 2 aromatic rings. The topological polar surface area (TPSA) is 69.7 Å². The molecule has 214 valence electrons. The van der Waals surface area contributed by atoms with Crippen molar-refractivity contribution < 1.29 is 28.5 Å². The number of ether oxygens (including phenoxy) is 5. The van der Waals surface area contributed by atoms with E-state index in [-0.39, 0.29) is 12.0 Å². The van der Waals surface area contributed by atoms with E-state index in [9.17, 15) is 4.79 Å². The quantitative estimate of drug-likeness (QED) is 0.410. The van der Waals surface area contributed by atoms with Gasteiger partial charge in [-0.05, 0) is 54.7 Å². The summed E-state index contributed by atoms with van der Waals surface area (Å²) in [5, 5.41) is 0.912. The standard InChI is InChI=1S/C29H32Cl2N2O6S/c30-27-21(5-7-26(34)33-12-14-35-15-13-33)4-6-25(28(27)31)40-23-3-1-2-22(18-23)32-10-8-20(9-11-32)24-19-38-29(39-24)36-16-17-37-29/h1-7,18,20,24H,8-17,19H2/b7-5+. The van der Waals surface area contributed by atoms with Crippen LogP contribution in [0.5, 0.6) is 0 Å². The highest BCUT2D eigenvalue weighted by molar-refractivity contribution is 7.99. The van der Waals surface area contributed by atoms with E-state index in [0.29, 0.717) is 67.7 Å². The van der Waals surface area contributed by atoms with Crippen LogP contribution in [0.1, 0.15) is 18.4 Å². The average Bonchev–Trinajstić information content (AvgIpc) is 3.65. The van der Waals surface area contributed by atoms with Gasteiger partial charge >= 0.3 is 6.16 Å². The summed E-state index contributed by atoms with van der Waals surface area (Å²) in [5.41, 5.74) is 1.89. The van der Waals surface area contributed by atoms with Gasteiger partial charge in [-0.2, -0.15) is 0 Å². The van der Waals surface area contributed by atoms with Gasteiger partial charge in [0.25, 0.3) is 0 Å². The van der Waals surface area contributed by atoms with Gasteiger partial charge in [-0.1, -0.05) is 47.1 Å². The molecule has 40 heavy (non-hydrogen) atoms. The smallest absolute Gasteiger partial charge is 0.378 e. The maximum atomic E-state index is 12.5. The lowest BCUT2D eigenvalue weighted by Crippen LogP contribution is -2.40. The van der Waals surface area contributed by atoms with E-state index in [1.54, 1.807) is 28.8 Å². The van der Waals surface area contributed by atoms with Crippen molar-refractivity contribution in [2.75, 3.05) is 64.1 Å². The Hall–Kier alpha value is -1.82. The lowest BCUT2D eigenvalue weighted by Gasteiger charge is -2.35. The van der Waals surface area contributed by atoms with Crippen LogP contribution in [0.4, 0.5) is 5.69 Å². The average molecular weight is 608 g/mol. The van der Waals surface area contributed by atoms with E-state index in [1.165, 1.54) is 5.69 Å². The van der Waals surface area contributed by atoms with Crippen molar-refractivity contribution in [1.82, 2.24) is 4.90 Å². The van der Waals surface area contributed by atoms with Gasteiger partial charge in [0.05, 0.1) is 49.2 Å². The summed E-state index contributed by atoms with van der Waals surface area (Å²) in [6.07, 6.45) is 4.00. The summed E-state index contributed by atoms with van der Waals surface area (Å²) in [6.45, 7) is 5.68. The van der Waals surface area contributed by atoms with Gasteiger partial charge < -0.3 is 28.7 Å². The van der Waals surface area contributed by atoms with Gasteiger partial charge in [-0.15, -0.1) is 0 Å². The van der Waals surface area contributed by atoms with Crippen LogP contribution in [-0.4, -0.2) is 82.3 Å². The monoisotopic (exact) mass is 606 g/mol. The van der Waals surface area contributed by atoms with Crippen LogP contribution >= 0.6 is 35.0 Å². The minimum Gasteiger partial charge on any atom is -0.378 e. The van der Waals surface area contributed by atoms with Gasteiger partial charge in [-0.3, -0.25) is 9.53 Å². The molecule has 0 saturated carbocycles. The minimum atomic E-state index is -1.27. The Morgan fingerprint density at radius 2 is 1.73 bits per heavy atom. The molecule has 11 heteroatoms. The Morgan fingerprint density at radius 3 is 2.50 bits per heavy atom. The van der Waals surface area contributed by atoms with Crippen LogP contribution in [0.2, 0.25) is 10.0 Å². The van der Waals surface area contributed by atoms with Crippen molar-refractivity contribution in [3.63, 3.8) is 0 Å². The molecule has 4 aliphatic heterocycles. The molecule has 0 N–H and O–H groups in total. The Kier molecular flexibility index (Phi) is 8.91. The number of anilines is 1. The number of hydrogen-bond acceptors (Lipinski definition) is 8. The lowest BCUT2D eigenvalue weighted by molar-refractivity contribution is -0.428. The Balaban J connectivity index is 1.06. The second-order valence-electron chi connectivity index (χ2n) is 10.1. The van der Waals surface area contributed by atoms with Crippen LogP contribution in [0.25, 0.3) is 6.08 Å². The van der Waals surface area contributed by atoms with Gasteiger partial charge in [0.15, 0.2) is 0 Å². The largest absolute Gasteiger partial charge is 0.413 e. The van der Waals surface area contributed by atoms with E-state index in [4.69, 9.17) is 46.9 Å². The summed E-state index contributed by atoms with van der Waals surface area (Å²) in [7, 11) is 0. The predicted molar refractivity (Wildman–Crippen MR) is 154 cm³/mol. The van der Waals surface area contributed by atoms with E-state index in [0.717, 1.165) is 35.7 Å². The first-order valence-corrected chi connectivity index (χ1v) is 15.2. The van der Waals surface area contributed by atoms with Gasteiger partial charge in [0, 0.05) is 47.7 Å². The number of carbonyl (C=O) groups excluding carboxylic acids is 1. The zero-order chi connectivity index (χ0) is 27.5. The Morgan fingerprint density at radius 1 is 0.950 bits per heavy atom. The first-order chi connectivity index (χ1) is 19.5. The molecule has 2 aromatic carbocycles. The number of morpholine rings is 1. The fourth-order valence-corrected chi connectivity index (χ4v) is 6.88. The maximum absolute atomic E-state index is 12.5. The van der Waals surface area contributed by atoms with Crippen LogP contribution in [-0.2, 0) is 28.5 Å². The highest BCUT2D eigenvalue weighted by atomic mass is 35.5. The van der Waals surface area contributed by atoms with E-state index in [1.807, 2.05) is 12.1 Å². The van der Waals surface area contributed by atoms with Crippen LogP contribution in [0, 0.1) is 5.92 Å². The first kappa shape index (κ1) is 28.3. The second-order valence-corrected chi connectivity index (χ2v) is 12.0. The van der Waals surface area contributed by atoms with Crippen LogP contribution in [0.15, 0.2) is 52.3 Å². The van der Waals surface area contributed by atoms with E-state index >= 15 is 0 Å². The lowest BCUT2D eigenvalue weighted by atomic mass is 9.91. The molecule has 0 bridgehead atoms. The number of halogens is 2. The van der Waals surface area contributed by atoms with E-state index in [2.05, 4.69) is 29.2 Å². The molecule has 1 amide bonds. The zero-order valence-corrected chi connectivity index (χ0v) is 24.4. The highest BCUT2D eigenvalue weighted by Crippen LogP contribution is 2.41. The van der Waals surface area contributed by atoms with Crippen molar-refractivity contribution in [2.24, 2.45) is 5.92 Å². The summed E-state index contributed by atoms with van der Waals surface area (Å²) in [5.74, 6) is 0.346. The third-order valence-electron chi connectivity index (χ3n) is 7.64. The molecule has 0 aliphatic carbocycles. The third-order valence-corrected chi connectivity index (χ3v) is 9.70. The number of piperidine rings is 1. The number of hydrogen-bond donors (Lipinski definition) is 0. The third kappa shape index (κ3) is 6.32. The molecule has 8 nitrogen and oxygen atoms in total. The maximum Gasteiger partial charge on any atom is 0.413 e. The number of carbonyl (C=O) groups is 1. The highest BCUT2D eigenvalue weighted by Gasteiger charge is 2.50. The molecular formula is C29H32Cl2N2O6S. The van der Waals surface area contributed by atoms with Gasteiger partial charge in [-0.25, -0.2) is 0 Å². The minimum absolute atomic E-state index is 0.00987. The summed E-state index contributed by atoms with van der Waals surface area (Å²) < 4.78 is 28.1. The zero-order valence-electron chi connectivity index (χ0n) is 22.1. The van der Waals surface area contributed by atoms with Crippen molar-refractivity contribution in [3.8, 4) is 0 Å².